The second-order valence-electron chi connectivity index (χ2n) is 11.8. The fourth-order valence-corrected chi connectivity index (χ4v) is 8.52. The molecule has 0 aromatic rings. The highest BCUT2D eigenvalue weighted by Gasteiger charge is 2.78. The Labute approximate surface area is 185 Å². The van der Waals surface area contributed by atoms with Gasteiger partial charge in [0, 0.05) is 30.6 Å². The number of Topliss-reactive ketones (excluding diaryl/α,β-unsaturated/α-hetero) is 1. The molecule has 4 aliphatic carbocycles. The monoisotopic (exact) mass is 428 g/mol. The molecular formula is C26H36O5. The number of ketones is 1. The fraction of sp³-hybridized carbons (Fsp3) is 0.769. The van der Waals surface area contributed by atoms with Gasteiger partial charge < -0.3 is 14.2 Å². The number of ether oxygens (including phenoxy) is 3. The van der Waals surface area contributed by atoms with E-state index in [1.54, 1.807) is 0 Å². The summed E-state index contributed by atoms with van der Waals surface area (Å²) < 4.78 is 18.9. The van der Waals surface area contributed by atoms with E-state index in [0.717, 1.165) is 36.8 Å². The molecule has 31 heavy (non-hydrogen) atoms. The van der Waals surface area contributed by atoms with Crippen molar-refractivity contribution in [3.63, 3.8) is 0 Å². The first-order valence-electron chi connectivity index (χ1n) is 11.8. The van der Waals surface area contributed by atoms with Gasteiger partial charge in [-0.05, 0) is 55.6 Å². The predicted octanol–water partition coefficient (Wildman–Crippen LogP) is 4.60. The van der Waals surface area contributed by atoms with E-state index in [1.807, 2.05) is 13.8 Å². The van der Waals surface area contributed by atoms with E-state index in [1.165, 1.54) is 6.92 Å². The maximum atomic E-state index is 13.9. The summed E-state index contributed by atoms with van der Waals surface area (Å²) >= 11 is 0. The van der Waals surface area contributed by atoms with Gasteiger partial charge in [-0.2, -0.15) is 0 Å². The highest BCUT2D eigenvalue weighted by Crippen LogP contribution is 2.75. The van der Waals surface area contributed by atoms with Gasteiger partial charge in [0.2, 0.25) is 0 Å². The van der Waals surface area contributed by atoms with Crippen molar-refractivity contribution in [2.24, 2.45) is 34.0 Å². The summed E-state index contributed by atoms with van der Waals surface area (Å²) in [5.41, 5.74) is 0.865. The molecule has 0 unspecified atom stereocenters. The van der Waals surface area contributed by atoms with Crippen molar-refractivity contribution in [3.05, 3.63) is 24.3 Å². The summed E-state index contributed by atoms with van der Waals surface area (Å²) in [6, 6.07) is 0. The molecule has 4 saturated carbocycles. The van der Waals surface area contributed by atoms with Crippen LogP contribution in [0.3, 0.4) is 0 Å². The van der Waals surface area contributed by atoms with Crippen molar-refractivity contribution in [1.82, 2.24) is 0 Å². The Morgan fingerprint density at radius 2 is 1.87 bits per heavy atom. The minimum absolute atomic E-state index is 0.0232. The molecule has 5 heteroatoms. The average molecular weight is 429 g/mol. The molecule has 5 nitrogen and oxygen atoms in total. The van der Waals surface area contributed by atoms with Gasteiger partial charge >= 0.3 is 5.97 Å². The van der Waals surface area contributed by atoms with Crippen LogP contribution < -0.4 is 0 Å². The zero-order valence-corrected chi connectivity index (χ0v) is 19.6. The summed E-state index contributed by atoms with van der Waals surface area (Å²) in [4.78, 5) is 25.9. The first-order chi connectivity index (χ1) is 14.4. The smallest absolute Gasteiger partial charge is 0.302 e. The zero-order valence-electron chi connectivity index (χ0n) is 19.6. The Balaban J connectivity index is 1.74. The molecule has 7 atom stereocenters. The van der Waals surface area contributed by atoms with Crippen LogP contribution in [-0.2, 0) is 23.8 Å². The summed E-state index contributed by atoms with van der Waals surface area (Å²) in [6.07, 6.45) is 3.91. The third kappa shape index (κ3) is 2.56. The van der Waals surface area contributed by atoms with Crippen LogP contribution in [0.25, 0.3) is 0 Å². The molecule has 0 N–H and O–H groups in total. The van der Waals surface area contributed by atoms with Crippen LogP contribution in [0, 0.1) is 34.0 Å². The quantitative estimate of drug-likeness (QED) is 0.602. The lowest BCUT2D eigenvalue weighted by molar-refractivity contribution is -0.377. The first kappa shape index (κ1) is 21.4. The second-order valence-corrected chi connectivity index (χ2v) is 11.8. The molecule has 0 aromatic heterocycles. The van der Waals surface area contributed by atoms with E-state index in [4.69, 9.17) is 14.2 Å². The topological polar surface area (TPSA) is 61.8 Å². The Hall–Kier alpha value is -1.46. The largest absolute Gasteiger partial charge is 0.465 e. The minimum atomic E-state index is -0.721. The van der Waals surface area contributed by atoms with Crippen molar-refractivity contribution in [2.75, 3.05) is 6.61 Å². The normalized spacial score (nSPS) is 46.9. The molecule has 5 rings (SSSR count). The molecule has 0 aromatic carbocycles. The number of esters is 1. The van der Waals surface area contributed by atoms with Gasteiger partial charge in [0.1, 0.15) is 5.78 Å². The van der Waals surface area contributed by atoms with Crippen molar-refractivity contribution >= 4 is 11.8 Å². The van der Waals surface area contributed by atoms with Gasteiger partial charge in [0.05, 0.1) is 24.2 Å². The Kier molecular flexibility index (Phi) is 4.36. The van der Waals surface area contributed by atoms with Crippen LogP contribution in [0.2, 0.25) is 0 Å². The van der Waals surface area contributed by atoms with Gasteiger partial charge in [0.15, 0.2) is 5.79 Å². The molecule has 1 spiro atoms. The summed E-state index contributed by atoms with van der Waals surface area (Å²) in [5.74, 6) is -0.923. The lowest BCUT2D eigenvalue weighted by Gasteiger charge is -2.69. The third-order valence-electron chi connectivity index (χ3n) is 9.45. The van der Waals surface area contributed by atoms with Crippen LogP contribution in [-0.4, -0.2) is 36.4 Å². The zero-order chi connectivity index (χ0) is 22.6. The van der Waals surface area contributed by atoms with Crippen LogP contribution in [0.5, 0.6) is 0 Å². The van der Waals surface area contributed by atoms with Gasteiger partial charge in [-0.1, -0.05) is 33.4 Å². The molecule has 0 amide bonds. The lowest BCUT2D eigenvalue weighted by atomic mass is 9.38. The van der Waals surface area contributed by atoms with Crippen LogP contribution in [0.1, 0.15) is 66.7 Å². The molecule has 5 fully saturated rings. The number of hydrogen-bond acceptors (Lipinski definition) is 5. The van der Waals surface area contributed by atoms with Crippen LogP contribution in [0.15, 0.2) is 24.3 Å². The van der Waals surface area contributed by atoms with E-state index in [2.05, 4.69) is 27.0 Å². The van der Waals surface area contributed by atoms with Gasteiger partial charge in [-0.25, -0.2) is 0 Å². The van der Waals surface area contributed by atoms with E-state index >= 15 is 0 Å². The Morgan fingerprint density at radius 1 is 1.16 bits per heavy atom. The highest BCUT2D eigenvalue weighted by molar-refractivity contribution is 5.88. The van der Waals surface area contributed by atoms with Crippen molar-refractivity contribution in [3.8, 4) is 0 Å². The molecule has 5 aliphatic rings. The van der Waals surface area contributed by atoms with Crippen molar-refractivity contribution in [2.45, 2.75) is 84.7 Å². The van der Waals surface area contributed by atoms with Crippen molar-refractivity contribution < 1.29 is 23.8 Å². The highest BCUT2D eigenvalue weighted by atomic mass is 16.7. The van der Waals surface area contributed by atoms with E-state index in [-0.39, 0.29) is 53.7 Å². The molecular weight excluding hydrogens is 392 g/mol. The summed E-state index contributed by atoms with van der Waals surface area (Å²) in [6.45, 7) is 19.2. The molecule has 1 saturated heterocycles. The first-order valence-corrected chi connectivity index (χ1v) is 11.8. The van der Waals surface area contributed by atoms with Crippen molar-refractivity contribution in [1.29, 1.82) is 0 Å². The second kappa shape index (κ2) is 6.32. The predicted molar refractivity (Wildman–Crippen MR) is 116 cm³/mol. The molecule has 170 valence electrons. The summed E-state index contributed by atoms with van der Waals surface area (Å²) in [7, 11) is 0. The fourth-order valence-electron chi connectivity index (χ4n) is 8.52. The lowest BCUT2D eigenvalue weighted by Crippen LogP contribution is -2.73. The number of carbonyl (C=O) groups excluding carboxylic acids is 2. The molecule has 1 aliphatic heterocycles. The maximum Gasteiger partial charge on any atom is 0.302 e. The van der Waals surface area contributed by atoms with Gasteiger partial charge in [-0.15, -0.1) is 0 Å². The number of hydrogen-bond donors (Lipinski definition) is 0. The average Bonchev–Trinajstić information content (AvgIpc) is 2.79. The number of carbonyl (C=O) groups is 2. The third-order valence-corrected chi connectivity index (χ3v) is 9.45. The standard InChI is InChI=1S/C26H36O5/c1-14-15(2)26-20-12-19-23(4,5)9-8-10-25(19,13-29-16(3)27)21(26)18(28)11-17(14)22(26)31-24(6,7)30-20/h17,19-22H,1-2,8-13H2,3-7H3/t17-,19+,20+,21-,22+,25-,26+/m0/s1. The minimum Gasteiger partial charge on any atom is -0.465 e. The van der Waals surface area contributed by atoms with Crippen LogP contribution >= 0.6 is 0 Å². The van der Waals surface area contributed by atoms with E-state index < -0.39 is 16.6 Å². The van der Waals surface area contributed by atoms with Gasteiger partial charge in [0.25, 0.3) is 0 Å². The Morgan fingerprint density at radius 3 is 2.55 bits per heavy atom. The van der Waals surface area contributed by atoms with E-state index in [9.17, 15) is 9.59 Å². The molecule has 2 bridgehead atoms. The van der Waals surface area contributed by atoms with Gasteiger partial charge in [-0.3, -0.25) is 9.59 Å². The number of fused-ring (bicyclic) bond motifs is 2. The van der Waals surface area contributed by atoms with Crippen LogP contribution in [0.4, 0.5) is 0 Å². The molecule has 0 radical (unpaired) electrons. The maximum absolute atomic E-state index is 13.9. The van der Waals surface area contributed by atoms with E-state index in [0.29, 0.717) is 6.42 Å². The molecule has 1 heterocycles. The summed E-state index contributed by atoms with van der Waals surface area (Å²) in [5, 5.41) is 0. The Bertz CT molecular complexity index is 884. The SMILES string of the molecule is C=C1C(=C)[C@@]23[C@@H]4OC(C)(C)O[C@@H]2C[C@@H]2C(C)(C)CCC[C@@]2(COC(C)=O)[C@@H]3C(=O)C[C@@H]14. The number of rotatable bonds is 2.